The van der Waals surface area contributed by atoms with Crippen molar-refractivity contribution in [3.05, 3.63) is 35.4 Å². The predicted octanol–water partition coefficient (Wildman–Crippen LogP) is 1.09. The molecule has 6 nitrogen and oxygen atoms in total. The lowest BCUT2D eigenvalue weighted by atomic mass is 10.0. The smallest absolute Gasteiger partial charge is 0.338 e. The van der Waals surface area contributed by atoms with E-state index in [1.165, 1.54) is 24.3 Å². The monoisotopic (exact) mass is 281 g/mol. The summed E-state index contributed by atoms with van der Waals surface area (Å²) < 4.78 is 5.20. The molecule has 1 rings (SSSR count). The van der Waals surface area contributed by atoms with Crippen LogP contribution in [0.1, 0.15) is 42.7 Å². The minimum absolute atomic E-state index is 0.334. The van der Waals surface area contributed by atoms with Crippen LogP contribution in [0.15, 0.2) is 24.3 Å². The summed E-state index contributed by atoms with van der Waals surface area (Å²) >= 11 is 0. The van der Waals surface area contributed by atoms with Gasteiger partial charge in [-0.1, -0.05) is 12.1 Å². The van der Waals surface area contributed by atoms with Gasteiger partial charge in [0.05, 0.1) is 11.6 Å². The molecule has 0 bridgehead atoms. The highest BCUT2D eigenvalue weighted by Gasteiger charge is 2.24. The Bertz CT molecular complexity index is 489. The zero-order chi connectivity index (χ0) is 15.5. The molecule has 2 atom stereocenters. The number of benzene rings is 1. The number of aliphatic hydroxyl groups is 1. The first kappa shape index (κ1) is 16.1. The quantitative estimate of drug-likeness (QED) is 0.712. The van der Waals surface area contributed by atoms with Crippen molar-refractivity contribution in [1.29, 1.82) is 0 Å². The van der Waals surface area contributed by atoms with Gasteiger partial charge in [0, 0.05) is 0 Å². The standard InChI is InChI=1S/C14H19NO5/c1-14(2,3)20-13(19)9-6-4-8(5-7-9)10(15)11(16)12(17)18/h4-7,10-11,16H,15H2,1-3H3,(H,17,18)/t10-,11+/m0/s1. The topological polar surface area (TPSA) is 110 Å². The van der Waals surface area contributed by atoms with E-state index >= 15 is 0 Å². The number of nitrogens with two attached hydrogens (primary N) is 1. The summed E-state index contributed by atoms with van der Waals surface area (Å²) in [6.07, 6.45) is -1.69. The molecule has 0 heterocycles. The second-order valence-electron chi connectivity index (χ2n) is 5.43. The fourth-order valence-electron chi connectivity index (χ4n) is 1.51. The molecule has 0 radical (unpaired) electrons. The van der Waals surface area contributed by atoms with Crippen molar-refractivity contribution in [1.82, 2.24) is 0 Å². The first-order valence-corrected chi connectivity index (χ1v) is 6.11. The number of carbonyl (C=O) groups is 2. The van der Waals surface area contributed by atoms with Gasteiger partial charge in [0.2, 0.25) is 0 Å². The molecule has 20 heavy (non-hydrogen) atoms. The van der Waals surface area contributed by atoms with Crippen molar-refractivity contribution in [3.8, 4) is 0 Å². The van der Waals surface area contributed by atoms with Gasteiger partial charge >= 0.3 is 11.9 Å². The van der Waals surface area contributed by atoms with Crippen molar-refractivity contribution in [2.75, 3.05) is 0 Å². The van der Waals surface area contributed by atoms with Crippen LogP contribution in [-0.4, -0.2) is 33.9 Å². The lowest BCUT2D eigenvalue weighted by Crippen LogP contribution is -2.33. The van der Waals surface area contributed by atoms with Gasteiger partial charge in [-0.25, -0.2) is 9.59 Å². The number of esters is 1. The van der Waals surface area contributed by atoms with Gasteiger partial charge in [0.25, 0.3) is 0 Å². The average Bonchev–Trinajstić information content (AvgIpc) is 2.35. The van der Waals surface area contributed by atoms with Crippen LogP contribution in [-0.2, 0) is 9.53 Å². The number of hydrogen-bond acceptors (Lipinski definition) is 5. The van der Waals surface area contributed by atoms with Gasteiger partial charge in [0.1, 0.15) is 5.60 Å². The molecule has 1 aromatic rings. The molecule has 110 valence electrons. The minimum Gasteiger partial charge on any atom is -0.479 e. The van der Waals surface area contributed by atoms with Crippen LogP contribution in [0.3, 0.4) is 0 Å². The van der Waals surface area contributed by atoms with Crippen molar-refractivity contribution in [2.45, 2.75) is 38.5 Å². The van der Waals surface area contributed by atoms with Crippen LogP contribution >= 0.6 is 0 Å². The van der Waals surface area contributed by atoms with E-state index in [9.17, 15) is 14.7 Å². The highest BCUT2D eigenvalue weighted by molar-refractivity contribution is 5.89. The summed E-state index contributed by atoms with van der Waals surface area (Å²) in [5.74, 6) is -1.87. The van der Waals surface area contributed by atoms with E-state index in [1.807, 2.05) is 0 Å². The largest absolute Gasteiger partial charge is 0.479 e. The molecule has 0 aliphatic heterocycles. The maximum Gasteiger partial charge on any atom is 0.338 e. The van der Waals surface area contributed by atoms with Gasteiger partial charge < -0.3 is 20.7 Å². The third-order valence-corrected chi connectivity index (χ3v) is 2.52. The summed E-state index contributed by atoms with van der Waals surface area (Å²) in [4.78, 5) is 22.4. The fourth-order valence-corrected chi connectivity index (χ4v) is 1.51. The molecule has 1 aromatic carbocycles. The fraction of sp³-hybridized carbons (Fsp3) is 0.429. The normalized spacial score (nSPS) is 14.4. The predicted molar refractivity (Wildman–Crippen MR) is 72.2 cm³/mol. The van der Waals surface area contributed by atoms with Crippen molar-refractivity contribution >= 4 is 11.9 Å². The molecule has 0 saturated heterocycles. The first-order chi connectivity index (χ1) is 9.11. The van der Waals surface area contributed by atoms with E-state index in [1.54, 1.807) is 20.8 Å². The number of carboxylic acid groups (broad SMARTS) is 1. The van der Waals surface area contributed by atoms with Crippen LogP contribution in [0.2, 0.25) is 0 Å². The number of ether oxygens (including phenoxy) is 1. The highest BCUT2D eigenvalue weighted by Crippen LogP contribution is 2.17. The Balaban J connectivity index is 2.84. The third kappa shape index (κ3) is 4.32. The number of carbonyl (C=O) groups excluding carboxylic acids is 1. The molecule has 0 unspecified atom stereocenters. The summed E-state index contributed by atoms with van der Waals surface area (Å²) in [6, 6.07) is 4.90. The Hall–Kier alpha value is -1.92. The Morgan fingerprint density at radius 2 is 1.70 bits per heavy atom. The van der Waals surface area contributed by atoms with E-state index in [0.717, 1.165) is 0 Å². The molecule has 0 saturated carbocycles. The summed E-state index contributed by atoms with van der Waals surface area (Å²) in [7, 11) is 0. The molecule has 0 amide bonds. The van der Waals surface area contributed by atoms with Gasteiger partial charge in [0.15, 0.2) is 6.10 Å². The molecule has 4 N–H and O–H groups in total. The van der Waals surface area contributed by atoms with E-state index in [4.69, 9.17) is 15.6 Å². The third-order valence-electron chi connectivity index (χ3n) is 2.52. The number of carboxylic acids is 1. The van der Waals surface area contributed by atoms with Gasteiger partial charge in [-0.3, -0.25) is 0 Å². The second-order valence-corrected chi connectivity index (χ2v) is 5.43. The van der Waals surface area contributed by atoms with Crippen molar-refractivity contribution in [3.63, 3.8) is 0 Å². The summed E-state index contributed by atoms with van der Waals surface area (Å²) in [6.45, 7) is 5.29. The van der Waals surface area contributed by atoms with Crippen molar-refractivity contribution < 1.29 is 24.5 Å². The maximum atomic E-state index is 11.8. The van der Waals surface area contributed by atoms with Crippen LogP contribution in [0, 0.1) is 0 Å². The van der Waals surface area contributed by atoms with Gasteiger partial charge in [-0.05, 0) is 38.5 Å². The molecule has 0 fully saturated rings. The van der Waals surface area contributed by atoms with Crippen LogP contribution in [0.25, 0.3) is 0 Å². The molecule has 0 aliphatic carbocycles. The number of aliphatic hydroxyl groups excluding tert-OH is 1. The van der Waals surface area contributed by atoms with Crippen molar-refractivity contribution in [2.24, 2.45) is 5.73 Å². The van der Waals surface area contributed by atoms with E-state index in [2.05, 4.69) is 0 Å². The van der Waals surface area contributed by atoms with Crippen LogP contribution in [0.4, 0.5) is 0 Å². The molecule has 0 aliphatic rings. The summed E-state index contributed by atoms with van der Waals surface area (Å²) in [5, 5.41) is 18.0. The Morgan fingerprint density at radius 3 is 2.10 bits per heavy atom. The minimum atomic E-state index is -1.69. The lowest BCUT2D eigenvalue weighted by molar-refractivity contribution is -0.147. The summed E-state index contributed by atoms with van der Waals surface area (Å²) in [5.41, 5.74) is 5.79. The number of hydrogen-bond donors (Lipinski definition) is 3. The SMILES string of the molecule is CC(C)(C)OC(=O)c1ccc([C@H](N)[C@@H](O)C(=O)O)cc1. The second kappa shape index (κ2) is 6.02. The average molecular weight is 281 g/mol. The highest BCUT2D eigenvalue weighted by atomic mass is 16.6. The lowest BCUT2D eigenvalue weighted by Gasteiger charge is -2.20. The van der Waals surface area contributed by atoms with Gasteiger partial charge in [-0.2, -0.15) is 0 Å². The maximum absolute atomic E-state index is 11.8. The Morgan fingerprint density at radius 1 is 1.20 bits per heavy atom. The number of aliphatic carboxylic acids is 1. The van der Waals surface area contributed by atoms with E-state index in [0.29, 0.717) is 11.1 Å². The molecule has 6 heteroatoms. The van der Waals surface area contributed by atoms with Crippen LogP contribution < -0.4 is 5.73 Å². The first-order valence-electron chi connectivity index (χ1n) is 6.11. The number of rotatable bonds is 4. The Labute approximate surface area is 117 Å². The van der Waals surface area contributed by atoms with E-state index in [-0.39, 0.29) is 0 Å². The Kier molecular flexibility index (Phi) is 4.86. The molecule has 0 spiro atoms. The zero-order valence-electron chi connectivity index (χ0n) is 11.7. The zero-order valence-corrected chi connectivity index (χ0v) is 11.7. The molecular formula is C14H19NO5. The van der Waals surface area contributed by atoms with E-state index < -0.39 is 29.7 Å². The van der Waals surface area contributed by atoms with Crippen LogP contribution in [0.5, 0.6) is 0 Å². The molecular weight excluding hydrogens is 262 g/mol. The van der Waals surface area contributed by atoms with Gasteiger partial charge in [-0.15, -0.1) is 0 Å². The molecule has 0 aromatic heterocycles.